The standard InChI is InChI=1S/C14H14N2OS/c1-17-13-4-2-3-11(5-13)8-16-9-14-6-12(7-15)10-18-14/h2-6,10,16H,8-9H2,1H3. The molecule has 0 aliphatic rings. The minimum atomic E-state index is 0.734. The Bertz CT molecular complexity index is 557. The minimum Gasteiger partial charge on any atom is -0.497 e. The summed E-state index contributed by atoms with van der Waals surface area (Å²) >= 11 is 1.61. The first kappa shape index (κ1) is 12.6. The Balaban J connectivity index is 1.86. The lowest BCUT2D eigenvalue weighted by Crippen LogP contribution is -2.11. The molecule has 92 valence electrons. The molecule has 0 saturated heterocycles. The van der Waals surface area contributed by atoms with Gasteiger partial charge in [-0.15, -0.1) is 11.3 Å². The molecule has 0 amide bonds. The molecule has 1 aromatic carbocycles. The van der Waals surface area contributed by atoms with Crippen LogP contribution in [0.25, 0.3) is 0 Å². The Morgan fingerprint density at radius 3 is 2.94 bits per heavy atom. The number of nitrogens with one attached hydrogen (secondary N) is 1. The Morgan fingerprint density at radius 2 is 2.22 bits per heavy atom. The van der Waals surface area contributed by atoms with Crippen LogP contribution in [0.1, 0.15) is 16.0 Å². The lowest BCUT2D eigenvalue weighted by atomic mass is 10.2. The highest BCUT2D eigenvalue weighted by Gasteiger charge is 1.99. The second kappa shape index (κ2) is 6.20. The van der Waals surface area contributed by atoms with E-state index in [1.54, 1.807) is 18.4 Å². The van der Waals surface area contributed by atoms with Gasteiger partial charge < -0.3 is 10.1 Å². The highest BCUT2D eigenvalue weighted by Crippen LogP contribution is 2.15. The number of nitrogens with zero attached hydrogens (tertiary/aromatic N) is 1. The second-order valence-corrected chi connectivity index (χ2v) is 4.86. The largest absolute Gasteiger partial charge is 0.497 e. The number of benzene rings is 1. The van der Waals surface area contributed by atoms with Gasteiger partial charge >= 0.3 is 0 Å². The smallest absolute Gasteiger partial charge is 0.119 e. The normalized spacial score (nSPS) is 10.0. The summed E-state index contributed by atoms with van der Waals surface area (Å²) in [4.78, 5) is 1.18. The Morgan fingerprint density at radius 1 is 1.33 bits per heavy atom. The van der Waals surface area contributed by atoms with Gasteiger partial charge in [0.25, 0.3) is 0 Å². The van der Waals surface area contributed by atoms with E-state index in [2.05, 4.69) is 17.5 Å². The highest BCUT2D eigenvalue weighted by molar-refractivity contribution is 7.10. The van der Waals surface area contributed by atoms with Gasteiger partial charge in [0, 0.05) is 23.3 Å². The van der Waals surface area contributed by atoms with Crippen molar-refractivity contribution in [2.45, 2.75) is 13.1 Å². The Labute approximate surface area is 111 Å². The lowest BCUT2D eigenvalue weighted by molar-refractivity contribution is 0.414. The summed E-state index contributed by atoms with van der Waals surface area (Å²) in [5.74, 6) is 0.872. The number of ether oxygens (including phenoxy) is 1. The third-order valence-corrected chi connectivity index (χ3v) is 3.48. The van der Waals surface area contributed by atoms with E-state index in [1.165, 1.54) is 10.4 Å². The average Bonchev–Trinajstić information content (AvgIpc) is 2.87. The number of hydrogen-bond acceptors (Lipinski definition) is 4. The Hall–Kier alpha value is -1.83. The maximum Gasteiger partial charge on any atom is 0.119 e. The van der Waals surface area contributed by atoms with Crippen LogP contribution in [0, 0.1) is 11.3 Å². The van der Waals surface area contributed by atoms with E-state index in [0.717, 1.165) is 24.4 Å². The summed E-state index contributed by atoms with van der Waals surface area (Å²) in [6.07, 6.45) is 0. The minimum absolute atomic E-state index is 0.734. The molecule has 3 nitrogen and oxygen atoms in total. The van der Waals surface area contributed by atoms with Gasteiger partial charge in [0.15, 0.2) is 0 Å². The molecule has 18 heavy (non-hydrogen) atoms. The SMILES string of the molecule is COc1cccc(CNCc2cc(C#N)cs2)c1. The molecule has 0 bridgehead atoms. The van der Waals surface area contributed by atoms with Crippen LogP contribution in [0.5, 0.6) is 5.75 Å². The van der Waals surface area contributed by atoms with E-state index in [4.69, 9.17) is 10.00 Å². The zero-order valence-electron chi connectivity index (χ0n) is 10.1. The van der Waals surface area contributed by atoms with E-state index in [9.17, 15) is 0 Å². The molecule has 4 heteroatoms. The van der Waals surface area contributed by atoms with Crippen LogP contribution in [-0.4, -0.2) is 7.11 Å². The van der Waals surface area contributed by atoms with Gasteiger partial charge in [-0.1, -0.05) is 12.1 Å². The van der Waals surface area contributed by atoms with Crippen molar-refractivity contribution >= 4 is 11.3 Å². The van der Waals surface area contributed by atoms with Crippen molar-refractivity contribution in [1.29, 1.82) is 5.26 Å². The van der Waals surface area contributed by atoms with Crippen molar-refractivity contribution in [3.8, 4) is 11.8 Å². The predicted octanol–water partition coefficient (Wildman–Crippen LogP) is 2.92. The first-order chi connectivity index (χ1) is 8.81. The summed E-state index contributed by atoms with van der Waals surface area (Å²) in [6.45, 7) is 1.57. The molecule has 0 fully saturated rings. The summed E-state index contributed by atoms with van der Waals surface area (Å²) in [6, 6.07) is 12.0. The molecule has 2 rings (SSSR count). The fourth-order valence-corrected chi connectivity index (χ4v) is 2.42. The lowest BCUT2D eigenvalue weighted by Gasteiger charge is -2.05. The first-order valence-corrected chi connectivity index (χ1v) is 6.51. The van der Waals surface area contributed by atoms with E-state index < -0.39 is 0 Å². The molecule has 0 unspecified atom stereocenters. The molecular formula is C14H14N2OS. The second-order valence-electron chi connectivity index (χ2n) is 3.87. The van der Waals surface area contributed by atoms with Crippen molar-refractivity contribution in [3.05, 3.63) is 51.7 Å². The molecule has 1 heterocycles. The van der Waals surface area contributed by atoms with Gasteiger partial charge in [-0.05, 0) is 23.8 Å². The van der Waals surface area contributed by atoms with E-state index >= 15 is 0 Å². The van der Waals surface area contributed by atoms with E-state index in [-0.39, 0.29) is 0 Å². The number of hydrogen-bond donors (Lipinski definition) is 1. The van der Waals surface area contributed by atoms with Crippen LogP contribution in [0.4, 0.5) is 0 Å². The monoisotopic (exact) mass is 258 g/mol. The summed E-state index contributed by atoms with van der Waals surface area (Å²) in [7, 11) is 1.67. The van der Waals surface area contributed by atoms with E-state index in [1.807, 2.05) is 29.6 Å². The quantitative estimate of drug-likeness (QED) is 0.897. The fraction of sp³-hybridized carbons (Fsp3) is 0.214. The zero-order valence-corrected chi connectivity index (χ0v) is 11.0. The van der Waals surface area contributed by atoms with Gasteiger partial charge in [0.1, 0.15) is 11.8 Å². The number of methoxy groups -OCH3 is 1. The van der Waals surface area contributed by atoms with Gasteiger partial charge in [0.05, 0.1) is 12.7 Å². The molecule has 1 N–H and O–H groups in total. The third-order valence-electron chi connectivity index (χ3n) is 2.55. The molecule has 0 aliphatic heterocycles. The summed E-state index contributed by atoms with van der Waals surface area (Å²) in [5.41, 5.74) is 1.92. The third kappa shape index (κ3) is 3.33. The number of thiophene rings is 1. The Kier molecular flexibility index (Phi) is 4.35. The van der Waals surface area contributed by atoms with Crippen LogP contribution >= 0.6 is 11.3 Å². The summed E-state index contributed by atoms with van der Waals surface area (Å²) < 4.78 is 5.18. The number of nitriles is 1. The van der Waals surface area contributed by atoms with Crippen LogP contribution in [-0.2, 0) is 13.1 Å². The van der Waals surface area contributed by atoms with Crippen molar-refractivity contribution in [1.82, 2.24) is 5.32 Å². The molecule has 1 aromatic heterocycles. The average molecular weight is 258 g/mol. The van der Waals surface area contributed by atoms with Crippen molar-refractivity contribution < 1.29 is 4.74 Å². The predicted molar refractivity (Wildman–Crippen MR) is 72.6 cm³/mol. The van der Waals surface area contributed by atoms with Crippen LogP contribution in [0.2, 0.25) is 0 Å². The van der Waals surface area contributed by atoms with Gasteiger partial charge in [-0.2, -0.15) is 5.26 Å². The topological polar surface area (TPSA) is 45.0 Å². The van der Waals surface area contributed by atoms with Crippen LogP contribution in [0.3, 0.4) is 0 Å². The van der Waals surface area contributed by atoms with Crippen molar-refractivity contribution in [3.63, 3.8) is 0 Å². The molecule has 0 spiro atoms. The van der Waals surface area contributed by atoms with Gasteiger partial charge in [-0.3, -0.25) is 0 Å². The number of rotatable bonds is 5. The molecule has 0 radical (unpaired) electrons. The maximum absolute atomic E-state index is 8.73. The fourth-order valence-electron chi connectivity index (χ4n) is 1.64. The van der Waals surface area contributed by atoms with Crippen LogP contribution < -0.4 is 10.1 Å². The maximum atomic E-state index is 8.73. The highest BCUT2D eigenvalue weighted by atomic mass is 32.1. The van der Waals surface area contributed by atoms with Gasteiger partial charge in [-0.25, -0.2) is 0 Å². The van der Waals surface area contributed by atoms with Crippen molar-refractivity contribution in [2.75, 3.05) is 7.11 Å². The van der Waals surface area contributed by atoms with Crippen molar-refractivity contribution in [2.24, 2.45) is 0 Å². The van der Waals surface area contributed by atoms with E-state index in [0.29, 0.717) is 0 Å². The molecular weight excluding hydrogens is 244 g/mol. The molecule has 0 aliphatic carbocycles. The molecule has 2 aromatic rings. The molecule has 0 atom stereocenters. The zero-order chi connectivity index (χ0) is 12.8. The summed E-state index contributed by atoms with van der Waals surface area (Å²) in [5, 5.41) is 14.0. The first-order valence-electron chi connectivity index (χ1n) is 5.63. The molecule has 0 saturated carbocycles. The van der Waals surface area contributed by atoms with Crippen LogP contribution in [0.15, 0.2) is 35.7 Å². The van der Waals surface area contributed by atoms with Gasteiger partial charge in [0.2, 0.25) is 0 Å².